The summed E-state index contributed by atoms with van der Waals surface area (Å²) in [4.78, 5) is 0. The number of ether oxygens (including phenoxy) is 1. The lowest BCUT2D eigenvalue weighted by Gasteiger charge is -2.31. The van der Waals surface area contributed by atoms with E-state index in [1.165, 1.54) is 19.3 Å². The highest BCUT2D eigenvalue weighted by molar-refractivity contribution is 5.41. The molecule has 1 aliphatic rings. The van der Waals surface area contributed by atoms with E-state index >= 15 is 0 Å². The van der Waals surface area contributed by atoms with Gasteiger partial charge in [-0.25, -0.2) is 0 Å². The van der Waals surface area contributed by atoms with Gasteiger partial charge in [-0.3, -0.25) is 0 Å². The molecule has 3 heteroatoms. The van der Waals surface area contributed by atoms with Crippen molar-refractivity contribution in [2.75, 3.05) is 7.11 Å². The highest BCUT2D eigenvalue weighted by Gasteiger charge is 2.27. The van der Waals surface area contributed by atoms with Crippen LogP contribution >= 0.6 is 0 Å². The molecule has 1 atom stereocenters. The van der Waals surface area contributed by atoms with Gasteiger partial charge >= 0.3 is 0 Å². The SMILES string of the molecule is COc1ccc([C@@H](N)C2CCC2)c(O)c1. The molecular weight excluding hydrogens is 190 g/mol. The summed E-state index contributed by atoms with van der Waals surface area (Å²) in [6, 6.07) is 5.28. The van der Waals surface area contributed by atoms with Crippen LogP contribution in [-0.4, -0.2) is 12.2 Å². The van der Waals surface area contributed by atoms with Crippen LogP contribution in [0.4, 0.5) is 0 Å². The van der Waals surface area contributed by atoms with Crippen LogP contribution in [0.2, 0.25) is 0 Å². The number of rotatable bonds is 3. The average molecular weight is 207 g/mol. The Kier molecular flexibility index (Phi) is 2.82. The third-order valence-corrected chi connectivity index (χ3v) is 3.25. The first-order valence-electron chi connectivity index (χ1n) is 5.35. The van der Waals surface area contributed by atoms with Crippen molar-refractivity contribution in [3.8, 4) is 11.5 Å². The van der Waals surface area contributed by atoms with Crippen LogP contribution < -0.4 is 10.5 Å². The van der Waals surface area contributed by atoms with Gasteiger partial charge < -0.3 is 15.6 Å². The topological polar surface area (TPSA) is 55.5 Å². The summed E-state index contributed by atoms with van der Waals surface area (Å²) in [6.07, 6.45) is 3.61. The first-order chi connectivity index (χ1) is 7.22. The number of benzene rings is 1. The quantitative estimate of drug-likeness (QED) is 0.798. The molecule has 2 rings (SSSR count). The Bertz CT molecular complexity index is 347. The Labute approximate surface area is 89.9 Å². The van der Waals surface area contributed by atoms with Crippen LogP contribution in [0.25, 0.3) is 0 Å². The highest BCUT2D eigenvalue weighted by Crippen LogP contribution is 2.39. The van der Waals surface area contributed by atoms with Gasteiger partial charge in [-0.2, -0.15) is 0 Å². The average Bonchev–Trinajstić information content (AvgIpc) is 2.14. The molecule has 0 unspecified atom stereocenters. The summed E-state index contributed by atoms with van der Waals surface area (Å²) in [7, 11) is 1.58. The molecule has 15 heavy (non-hydrogen) atoms. The minimum absolute atomic E-state index is 0.0374. The van der Waals surface area contributed by atoms with E-state index in [1.54, 1.807) is 13.2 Å². The predicted molar refractivity (Wildman–Crippen MR) is 58.9 cm³/mol. The van der Waals surface area contributed by atoms with E-state index in [0.29, 0.717) is 11.7 Å². The van der Waals surface area contributed by atoms with Gasteiger partial charge in [0.25, 0.3) is 0 Å². The number of phenolic OH excluding ortho intramolecular Hbond substituents is 1. The maximum absolute atomic E-state index is 9.80. The summed E-state index contributed by atoms with van der Waals surface area (Å²) in [5, 5.41) is 9.80. The molecule has 1 aromatic carbocycles. The number of phenols is 1. The fraction of sp³-hybridized carbons (Fsp3) is 0.500. The molecule has 0 spiro atoms. The van der Waals surface area contributed by atoms with Gasteiger partial charge in [-0.15, -0.1) is 0 Å². The van der Waals surface area contributed by atoms with Crippen LogP contribution in [-0.2, 0) is 0 Å². The molecule has 0 bridgehead atoms. The molecule has 3 nitrogen and oxygen atoms in total. The molecule has 0 aliphatic heterocycles. The first-order valence-corrected chi connectivity index (χ1v) is 5.35. The molecular formula is C12H17NO2. The van der Waals surface area contributed by atoms with Gasteiger partial charge in [0.2, 0.25) is 0 Å². The second-order valence-corrected chi connectivity index (χ2v) is 4.14. The number of methoxy groups -OCH3 is 1. The fourth-order valence-electron chi connectivity index (χ4n) is 1.99. The van der Waals surface area contributed by atoms with Crippen LogP contribution in [0.15, 0.2) is 18.2 Å². The summed E-state index contributed by atoms with van der Waals surface area (Å²) >= 11 is 0. The van der Waals surface area contributed by atoms with Gasteiger partial charge in [0, 0.05) is 17.7 Å². The molecule has 82 valence electrons. The van der Waals surface area contributed by atoms with Crippen molar-refractivity contribution >= 4 is 0 Å². The van der Waals surface area contributed by atoms with Crippen molar-refractivity contribution in [1.29, 1.82) is 0 Å². The van der Waals surface area contributed by atoms with Crippen molar-refractivity contribution in [3.63, 3.8) is 0 Å². The minimum Gasteiger partial charge on any atom is -0.507 e. The lowest BCUT2D eigenvalue weighted by Crippen LogP contribution is -2.26. The van der Waals surface area contributed by atoms with E-state index in [9.17, 15) is 5.11 Å². The molecule has 0 saturated heterocycles. The van der Waals surface area contributed by atoms with Crippen LogP contribution in [0.1, 0.15) is 30.9 Å². The third kappa shape index (κ3) is 1.92. The molecule has 1 aromatic rings. The number of hydrogen-bond acceptors (Lipinski definition) is 3. The molecule has 1 saturated carbocycles. The number of hydrogen-bond donors (Lipinski definition) is 2. The van der Waals surface area contributed by atoms with Gasteiger partial charge in [-0.05, 0) is 24.8 Å². The lowest BCUT2D eigenvalue weighted by molar-refractivity contribution is 0.260. The second kappa shape index (κ2) is 4.11. The second-order valence-electron chi connectivity index (χ2n) is 4.14. The fourth-order valence-corrected chi connectivity index (χ4v) is 1.99. The number of aromatic hydroxyl groups is 1. The Morgan fingerprint density at radius 3 is 2.67 bits per heavy atom. The largest absolute Gasteiger partial charge is 0.507 e. The molecule has 1 aliphatic carbocycles. The van der Waals surface area contributed by atoms with Crippen LogP contribution in [0.5, 0.6) is 11.5 Å². The van der Waals surface area contributed by atoms with Crippen molar-refractivity contribution in [3.05, 3.63) is 23.8 Å². The Balaban J connectivity index is 2.19. The third-order valence-electron chi connectivity index (χ3n) is 3.25. The summed E-state index contributed by atoms with van der Waals surface area (Å²) < 4.78 is 5.03. The van der Waals surface area contributed by atoms with E-state index in [2.05, 4.69) is 0 Å². The summed E-state index contributed by atoms with van der Waals surface area (Å²) in [6.45, 7) is 0. The van der Waals surface area contributed by atoms with Gasteiger partial charge in [0.1, 0.15) is 11.5 Å². The highest BCUT2D eigenvalue weighted by atomic mass is 16.5. The van der Waals surface area contributed by atoms with E-state index in [1.807, 2.05) is 12.1 Å². The molecule has 0 heterocycles. The Morgan fingerprint density at radius 1 is 1.47 bits per heavy atom. The first kappa shape index (κ1) is 10.3. The van der Waals surface area contributed by atoms with Crippen LogP contribution in [0, 0.1) is 5.92 Å². The summed E-state index contributed by atoms with van der Waals surface area (Å²) in [5.41, 5.74) is 6.93. The maximum Gasteiger partial charge on any atom is 0.124 e. The monoisotopic (exact) mass is 207 g/mol. The zero-order valence-corrected chi connectivity index (χ0v) is 8.94. The van der Waals surface area contributed by atoms with Crippen LogP contribution in [0.3, 0.4) is 0 Å². The molecule has 1 fully saturated rings. The molecule has 0 amide bonds. The minimum atomic E-state index is -0.0374. The van der Waals surface area contributed by atoms with Crippen molar-refractivity contribution in [2.24, 2.45) is 11.7 Å². The lowest BCUT2D eigenvalue weighted by atomic mass is 9.77. The Morgan fingerprint density at radius 2 is 2.20 bits per heavy atom. The van der Waals surface area contributed by atoms with E-state index < -0.39 is 0 Å². The van der Waals surface area contributed by atoms with Gasteiger partial charge in [-0.1, -0.05) is 12.5 Å². The zero-order chi connectivity index (χ0) is 10.8. The standard InChI is InChI=1S/C12H17NO2/c1-15-9-5-6-10(11(14)7-9)12(13)8-3-2-4-8/h5-8,12,14H,2-4,13H2,1H3/t12-/m0/s1. The van der Waals surface area contributed by atoms with E-state index in [0.717, 1.165) is 5.56 Å². The molecule has 0 radical (unpaired) electrons. The predicted octanol–water partition coefficient (Wildman–Crippen LogP) is 2.20. The molecule has 3 N–H and O–H groups in total. The van der Waals surface area contributed by atoms with E-state index in [4.69, 9.17) is 10.5 Å². The Hall–Kier alpha value is -1.22. The number of nitrogens with two attached hydrogens (primary N) is 1. The van der Waals surface area contributed by atoms with E-state index in [-0.39, 0.29) is 11.8 Å². The summed E-state index contributed by atoms with van der Waals surface area (Å²) in [5.74, 6) is 1.44. The van der Waals surface area contributed by atoms with Gasteiger partial charge in [0.15, 0.2) is 0 Å². The zero-order valence-electron chi connectivity index (χ0n) is 8.94. The smallest absolute Gasteiger partial charge is 0.124 e. The van der Waals surface area contributed by atoms with Gasteiger partial charge in [0.05, 0.1) is 7.11 Å². The van der Waals surface area contributed by atoms with Crippen molar-refractivity contribution < 1.29 is 9.84 Å². The van der Waals surface area contributed by atoms with Crippen molar-refractivity contribution in [1.82, 2.24) is 0 Å². The maximum atomic E-state index is 9.80. The van der Waals surface area contributed by atoms with Crippen molar-refractivity contribution in [2.45, 2.75) is 25.3 Å². The normalized spacial score (nSPS) is 18.3. The molecule has 0 aromatic heterocycles.